The molecule has 2 aromatic rings. The monoisotopic (exact) mass is 343 g/mol. The second kappa shape index (κ2) is 7.13. The van der Waals surface area contributed by atoms with Crippen LogP contribution in [-0.4, -0.2) is 28.7 Å². The van der Waals surface area contributed by atoms with Crippen LogP contribution in [0, 0.1) is 12.8 Å². The minimum atomic E-state index is -0.240. The van der Waals surface area contributed by atoms with Gasteiger partial charge in [0, 0.05) is 24.5 Å². The Hall–Kier alpha value is -2.21. The fourth-order valence-electron chi connectivity index (χ4n) is 3.20. The van der Waals surface area contributed by atoms with Crippen LogP contribution in [0.5, 0.6) is 0 Å². The minimum absolute atomic E-state index is 0.0175. The molecule has 24 heavy (non-hydrogen) atoms. The van der Waals surface area contributed by atoms with Crippen LogP contribution in [0.25, 0.3) is 0 Å². The van der Waals surface area contributed by atoms with Gasteiger partial charge in [-0.3, -0.25) is 9.59 Å². The van der Waals surface area contributed by atoms with Crippen molar-refractivity contribution in [2.24, 2.45) is 5.92 Å². The summed E-state index contributed by atoms with van der Waals surface area (Å²) in [5.74, 6) is -0.171. The van der Waals surface area contributed by atoms with Gasteiger partial charge in [0.25, 0.3) is 0 Å². The van der Waals surface area contributed by atoms with Gasteiger partial charge in [-0.1, -0.05) is 30.3 Å². The topological polar surface area (TPSA) is 62.3 Å². The summed E-state index contributed by atoms with van der Waals surface area (Å²) in [6.07, 6.45) is 2.80. The standard InChI is InChI=1S/C18H21N3O2S/c1-12-10-19-15(24-12)11-20-18(23)14-8-9-16(22)21(2)17(14)13-6-4-3-5-7-13/h3-7,10,14,17H,8-9,11H2,1-2H3,(H,20,23)/t14-,17+/m0/s1. The third kappa shape index (κ3) is 3.48. The highest BCUT2D eigenvalue weighted by atomic mass is 32.1. The number of likely N-dealkylation sites (tertiary alicyclic amines) is 1. The zero-order valence-electron chi connectivity index (χ0n) is 13.9. The van der Waals surface area contributed by atoms with E-state index in [0.29, 0.717) is 19.4 Å². The average molecular weight is 343 g/mol. The van der Waals surface area contributed by atoms with E-state index in [1.165, 1.54) is 0 Å². The molecule has 2 atom stereocenters. The molecule has 1 saturated heterocycles. The number of aromatic nitrogens is 1. The van der Waals surface area contributed by atoms with E-state index in [2.05, 4.69) is 10.3 Å². The number of hydrogen-bond acceptors (Lipinski definition) is 4. The number of nitrogens with one attached hydrogen (secondary N) is 1. The average Bonchev–Trinajstić information content (AvgIpc) is 3.01. The molecule has 3 rings (SSSR count). The van der Waals surface area contributed by atoms with Crippen LogP contribution in [0.1, 0.15) is 34.3 Å². The quantitative estimate of drug-likeness (QED) is 0.928. The zero-order chi connectivity index (χ0) is 17.1. The van der Waals surface area contributed by atoms with Crippen molar-refractivity contribution in [3.05, 3.63) is 52.0 Å². The molecule has 0 radical (unpaired) electrons. The van der Waals surface area contributed by atoms with Crippen LogP contribution in [0.4, 0.5) is 0 Å². The van der Waals surface area contributed by atoms with Crippen LogP contribution in [0.2, 0.25) is 0 Å². The predicted octanol–water partition coefficient (Wildman–Crippen LogP) is 2.68. The molecular formula is C18H21N3O2S. The van der Waals surface area contributed by atoms with Gasteiger partial charge in [0.1, 0.15) is 5.01 Å². The third-order valence-electron chi connectivity index (χ3n) is 4.42. The summed E-state index contributed by atoms with van der Waals surface area (Å²) in [6, 6.07) is 9.55. The lowest BCUT2D eigenvalue weighted by Crippen LogP contribution is -2.46. The van der Waals surface area contributed by atoms with E-state index in [0.717, 1.165) is 15.4 Å². The lowest BCUT2D eigenvalue weighted by Gasteiger charge is -2.38. The van der Waals surface area contributed by atoms with Crippen molar-refractivity contribution in [3.8, 4) is 0 Å². The smallest absolute Gasteiger partial charge is 0.225 e. The third-order valence-corrected chi connectivity index (χ3v) is 5.33. The molecule has 0 bridgehead atoms. The van der Waals surface area contributed by atoms with Gasteiger partial charge in [-0.2, -0.15) is 0 Å². The number of amides is 2. The molecule has 1 fully saturated rings. The number of hydrogen-bond donors (Lipinski definition) is 1. The van der Waals surface area contributed by atoms with Gasteiger partial charge in [0.2, 0.25) is 11.8 Å². The lowest BCUT2D eigenvalue weighted by molar-refractivity contribution is -0.141. The molecule has 1 N–H and O–H groups in total. The Kier molecular flexibility index (Phi) is 4.94. The normalized spacial score (nSPS) is 20.9. The second-order valence-corrected chi connectivity index (χ2v) is 7.41. The number of rotatable bonds is 4. The maximum Gasteiger partial charge on any atom is 0.225 e. The maximum atomic E-state index is 12.7. The van der Waals surface area contributed by atoms with Crippen LogP contribution in [0.3, 0.4) is 0 Å². The van der Waals surface area contributed by atoms with Crippen molar-refractivity contribution in [2.75, 3.05) is 7.05 Å². The summed E-state index contributed by atoms with van der Waals surface area (Å²) in [4.78, 5) is 32.0. The summed E-state index contributed by atoms with van der Waals surface area (Å²) in [7, 11) is 1.78. The first-order chi connectivity index (χ1) is 11.6. The van der Waals surface area contributed by atoms with Crippen LogP contribution >= 0.6 is 11.3 Å². The molecule has 1 aliphatic rings. The number of carbonyl (C=O) groups excluding carboxylic acids is 2. The van der Waals surface area contributed by atoms with Gasteiger partial charge in [-0.05, 0) is 18.9 Å². The van der Waals surface area contributed by atoms with Crippen molar-refractivity contribution >= 4 is 23.2 Å². The molecule has 5 nitrogen and oxygen atoms in total. The Morgan fingerprint density at radius 3 is 2.79 bits per heavy atom. The molecule has 2 heterocycles. The van der Waals surface area contributed by atoms with E-state index in [4.69, 9.17) is 0 Å². The van der Waals surface area contributed by atoms with Gasteiger partial charge in [-0.25, -0.2) is 4.98 Å². The van der Waals surface area contributed by atoms with E-state index in [9.17, 15) is 9.59 Å². The highest BCUT2D eigenvalue weighted by Crippen LogP contribution is 2.35. The first kappa shape index (κ1) is 16.6. The van der Waals surface area contributed by atoms with Crippen molar-refractivity contribution in [2.45, 2.75) is 32.4 Å². The van der Waals surface area contributed by atoms with Crippen molar-refractivity contribution in [3.63, 3.8) is 0 Å². The Labute approximate surface area is 145 Å². The molecule has 0 saturated carbocycles. The molecular weight excluding hydrogens is 322 g/mol. The van der Waals surface area contributed by atoms with Crippen molar-refractivity contribution in [1.82, 2.24) is 15.2 Å². The van der Waals surface area contributed by atoms with E-state index >= 15 is 0 Å². The molecule has 126 valence electrons. The number of benzene rings is 1. The first-order valence-electron chi connectivity index (χ1n) is 8.06. The first-order valence-corrected chi connectivity index (χ1v) is 8.87. The second-order valence-electron chi connectivity index (χ2n) is 6.09. The number of thiazole rings is 1. The maximum absolute atomic E-state index is 12.7. The van der Waals surface area contributed by atoms with E-state index in [-0.39, 0.29) is 23.8 Å². The fraction of sp³-hybridized carbons (Fsp3) is 0.389. The summed E-state index contributed by atoms with van der Waals surface area (Å²) in [5.41, 5.74) is 0.998. The number of nitrogens with zero attached hydrogens (tertiary/aromatic N) is 2. The minimum Gasteiger partial charge on any atom is -0.349 e. The molecule has 0 unspecified atom stereocenters. The Morgan fingerprint density at radius 1 is 1.38 bits per heavy atom. The van der Waals surface area contributed by atoms with E-state index in [1.54, 1.807) is 23.3 Å². The molecule has 1 aromatic carbocycles. The van der Waals surface area contributed by atoms with Crippen LogP contribution in [0.15, 0.2) is 36.5 Å². The molecule has 1 aliphatic heterocycles. The summed E-state index contributed by atoms with van der Waals surface area (Å²) >= 11 is 1.58. The molecule has 2 amide bonds. The van der Waals surface area contributed by atoms with E-state index < -0.39 is 0 Å². The Morgan fingerprint density at radius 2 is 2.12 bits per heavy atom. The number of piperidine rings is 1. The molecule has 0 spiro atoms. The van der Waals surface area contributed by atoms with E-state index in [1.807, 2.05) is 43.5 Å². The van der Waals surface area contributed by atoms with Crippen LogP contribution in [-0.2, 0) is 16.1 Å². The lowest BCUT2D eigenvalue weighted by atomic mass is 9.84. The number of carbonyl (C=O) groups is 2. The largest absolute Gasteiger partial charge is 0.349 e. The zero-order valence-corrected chi connectivity index (χ0v) is 14.7. The molecule has 0 aliphatic carbocycles. The predicted molar refractivity (Wildman–Crippen MR) is 93.4 cm³/mol. The SMILES string of the molecule is Cc1cnc(CNC(=O)[C@H]2CCC(=O)N(C)[C@@H]2c2ccccc2)s1. The van der Waals surface area contributed by atoms with Gasteiger partial charge in [0.15, 0.2) is 0 Å². The van der Waals surface area contributed by atoms with Crippen molar-refractivity contribution in [1.29, 1.82) is 0 Å². The van der Waals surface area contributed by atoms with Gasteiger partial charge < -0.3 is 10.2 Å². The highest BCUT2D eigenvalue weighted by molar-refractivity contribution is 7.11. The molecule has 1 aromatic heterocycles. The highest BCUT2D eigenvalue weighted by Gasteiger charge is 2.38. The fourth-order valence-corrected chi connectivity index (χ4v) is 3.92. The van der Waals surface area contributed by atoms with Crippen LogP contribution < -0.4 is 5.32 Å². The Balaban J connectivity index is 1.76. The summed E-state index contributed by atoms with van der Waals surface area (Å²) in [5, 5.41) is 3.89. The van der Waals surface area contributed by atoms with Crippen molar-refractivity contribution < 1.29 is 9.59 Å². The number of aryl methyl sites for hydroxylation is 1. The summed E-state index contributed by atoms with van der Waals surface area (Å²) < 4.78 is 0. The Bertz CT molecular complexity index is 729. The molecule has 6 heteroatoms. The van der Waals surface area contributed by atoms with Gasteiger partial charge in [-0.15, -0.1) is 11.3 Å². The van der Waals surface area contributed by atoms with Gasteiger partial charge >= 0.3 is 0 Å². The van der Waals surface area contributed by atoms with Gasteiger partial charge in [0.05, 0.1) is 18.5 Å². The summed E-state index contributed by atoms with van der Waals surface area (Å²) in [6.45, 7) is 2.43.